The van der Waals surface area contributed by atoms with E-state index in [1.165, 1.54) is 24.8 Å². The van der Waals surface area contributed by atoms with Crippen LogP contribution in [-0.4, -0.2) is 60.5 Å². The molecule has 0 spiro atoms. The van der Waals surface area contributed by atoms with Crippen molar-refractivity contribution in [1.82, 2.24) is 20.0 Å². The van der Waals surface area contributed by atoms with Gasteiger partial charge in [0.15, 0.2) is 5.96 Å². The van der Waals surface area contributed by atoms with Crippen LogP contribution in [0.3, 0.4) is 0 Å². The van der Waals surface area contributed by atoms with Crippen LogP contribution in [0.4, 0.5) is 0 Å². The van der Waals surface area contributed by atoms with E-state index >= 15 is 0 Å². The highest BCUT2D eigenvalue weighted by atomic mass is 16.5. The first-order valence-corrected chi connectivity index (χ1v) is 11.3. The van der Waals surface area contributed by atoms with Gasteiger partial charge in [0.2, 0.25) is 0 Å². The number of aryl methyl sites for hydroxylation is 2. The molecule has 3 rings (SSSR count). The van der Waals surface area contributed by atoms with Crippen LogP contribution in [0.2, 0.25) is 0 Å². The summed E-state index contributed by atoms with van der Waals surface area (Å²) >= 11 is 0. The van der Waals surface area contributed by atoms with Crippen LogP contribution in [0, 0.1) is 12.8 Å². The van der Waals surface area contributed by atoms with E-state index in [9.17, 15) is 0 Å². The predicted octanol–water partition coefficient (Wildman–Crippen LogP) is 3.83. The van der Waals surface area contributed by atoms with Gasteiger partial charge in [0.05, 0.1) is 11.4 Å². The second-order valence-corrected chi connectivity index (χ2v) is 8.13. The molecular formula is C24H37N5O. The van der Waals surface area contributed by atoms with Crippen molar-refractivity contribution < 1.29 is 4.74 Å². The van der Waals surface area contributed by atoms with Gasteiger partial charge in [0, 0.05) is 46.1 Å². The number of nitrogens with zero attached hydrogens (tertiary/aromatic N) is 4. The van der Waals surface area contributed by atoms with E-state index in [1.54, 1.807) is 0 Å². The lowest BCUT2D eigenvalue weighted by Crippen LogP contribution is -2.40. The van der Waals surface area contributed by atoms with Gasteiger partial charge in [-0.25, -0.2) is 4.68 Å². The van der Waals surface area contributed by atoms with E-state index < -0.39 is 0 Å². The van der Waals surface area contributed by atoms with Crippen molar-refractivity contribution >= 4 is 5.96 Å². The molecule has 164 valence electrons. The molecule has 2 aromatic rings. The van der Waals surface area contributed by atoms with Gasteiger partial charge in [0.25, 0.3) is 0 Å². The molecule has 0 atom stereocenters. The molecule has 0 saturated carbocycles. The lowest BCUT2D eigenvalue weighted by molar-refractivity contribution is 0.0625. The Bertz CT molecular complexity index is 780. The van der Waals surface area contributed by atoms with Crippen LogP contribution >= 0.6 is 0 Å². The van der Waals surface area contributed by atoms with E-state index in [0.29, 0.717) is 0 Å². The molecule has 0 aliphatic carbocycles. The normalized spacial score (nSPS) is 15.4. The molecule has 1 aromatic heterocycles. The number of aromatic nitrogens is 2. The van der Waals surface area contributed by atoms with Crippen LogP contribution in [0.5, 0.6) is 0 Å². The van der Waals surface area contributed by atoms with Gasteiger partial charge >= 0.3 is 0 Å². The van der Waals surface area contributed by atoms with Gasteiger partial charge in [-0.3, -0.25) is 4.99 Å². The molecule has 0 unspecified atom stereocenters. The number of hydrogen-bond acceptors (Lipinski definition) is 3. The summed E-state index contributed by atoms with van der Waals surface area (Å²) in [5.41, 5.74) is 3.50. The third-order valence-electron chi connectivity index (χ3n) is 5.80. The summed E-state index contributed by atoms with van der Waals surface area (Å²) in [6.45, 7) is 8.81. The average molecular weight is 412 g/mol. The SMILES string of the molecule is CCNC(=NCCCc1cn(-c2ccccc2)nc1C)N(C)CCC1CCOCC1. The molecule has 1 aromatic carbocycles. The topological polar surface area (TPSA) is 54.7 Å². The molecule has 6 heteroatoms. The molecule has 6 nitrogen and oxygen atoms in total. The van der Waals surface area contributed by atoms with Gasteiger partial charge in [-0.2, -0.15) is 5.10 Å². The van der Waals surface area contributed by atoms with Crippen molar-refractivity contribution in [3.8, 4) is 5.69 Å². The molecule has 1 saturated heterocycles. The number of ether oxygens (including phenoxy) is 1. The summed E-state index contributed by atoms with van der Waals surface area (Å²) < 4.78 is 7.45. The summed E-state index contributed by atoms with van der Waals surface area (Å²) in [5, 5.41) is 8.11. The first-order valence-electron chi connectivity index (χ1n) is 11.3. The van der Waals surface area contributed by atoms with Crippen LogP contribution in [0.25, 0.3) is 5.69 Å². The van der Waals surface area contributed by atoms with Crippen LogP contribution < -0.4 is 5.32 Å². The number of nitrogens with one attached hydrogen (secondary N) is 1. The third kappa shape index (κ3) is 6.59. The van der Waals surface area contributed by atoms with Crippen molar-refractivity contribution in [3.05, 3.63) is 47.8 Å². The first kappa shape index (κ1) is 22.3. The van der Waals surface area contributed by atoms with Crippen molar-refractivity contribution in [2.45, 2.75) is 46.0 Å². The highest BCUT2D eigenvalue weighted by Gasteiger charge is 2.15. The van der Waals surface area contributed by atoms with Gasteiger partial charge in [-0.05, 0) is 69.6 Å². The molecule has 0 amide bonds. The molecule has 1 N–H and O–H groups in total. The highest BCUT2D eigenvalue weighted by molar-refractivity contribution is 5.79. The maximum Gasteiger partial charge on any atom is 0.193 e. The maximum atomic E-state index is 5.47. The molecule has 1 fully saturated rings. The van der Waals surface area contributed by atoms with E-state index in [4.69, 9.17) is 9.73 Å². The number of rotatable bonds is 9. The van der Waals surface area contributed by atoms with Crippen LogP contribution in [0.1, 0.15) is 43.9 Å². The maximum absolute atomic E-state index is 5.47. The minimum Gasteiger partial charge on any atom is -0.381 e. The second kappa shape index (κ2) is 11.7. The predicted molar refractivity (Wildman–Crippen MR) is 123 cm³/mol. The van der Waals surface area contributed by atoms with Gasteiger partial charge in [-0.15, -0.1) is 0 Å². The Labute approximate surface area is 181 Å². The standard InChI is InChI=1S/C24H37N5O/c1-4-25-24(28(3)16-12-21-13-17-30-18-14-21)26-15-8-9-22-19-29(27-20(22)2)23-10-6-5-7-11-23/h5-7,10-11,19,21H,4,8-9,12-18H2,1-3H3,(H,25,26). The van der Waals surface area contributed by atoms with E-state index in [-0.39, 0.29) is 0 Å². The largest absolute Gasteiger partial charge is 0.381 e. The molecule has 0 bridgehead atoms. The summed E-state index contributed by atoms with van der Waals surface area (Å²) in [5.74, 6) is 1.80. The molecule has 0 radical (unpaired) electrons. The van der Waals surface area contributed by atoms with E-state index in [1.807, 2.05) is 22.9 Å². The fourth-order valence-electron chi connectivity index (χ4n) is 3.90. The average Bonchev–Trinajstić information content (AvgIpc) is 3.16. The number of benzene rings is 1. The molecule has 30 heavy (non-hydrogen) atoms. The van der Waals surface area contributed by atoms with Gasteiger partial charge in [-0.1, -0.05) is 18.2 Å². The van der Waals surface area contributed by atoms with Crippen molar-refractivity contribution in [3.63, 3.8) is 0 Å². The zero-order valence-corrected chi connectivity index (χ0v) is 18.8. The molecule has 1 aliphatic heterocycles. The minimum atomic E-state index is 0.785. The Morgan fingerprint density at radius 2 is 2.03 bits per heavy atom. The van der Waals surface area contributed by atoms with Crippen molar-refractivity contribution in [1.29, 1.82) is 0 Å². The van der Waals surface area contributed by atoms with Gasteiger partial charge in [0.1, 0.15) is 0 Å². The lowest BCUT2D eigenvalue weighted by atomic mass is 9.96. The Morgan fingerprint density at radius 1 is 1.27 bits per heavy atom. The minimum absolute atomic E-state index is 0.785. The quantitative estimate of drug-likeness (QED) is 0.387. The lowest BCUT2D eigenvalue weighted by Gasteiger charge is -2.26. The molecule has 2 heterocycles. The Morgan fingerprint density at radius 3 is 2.77 bits per heavy atom. The zero-order chi connectivity index (χ0) is 21.2. The first-order chi connectivity index (χ1) is 14.7. The van der Waals surface area contributed by atoms with Crippen molar-refractivity contribution in [2.75, 3.05) is 39.9 Å². The number of para-hydroxylation sites is 1. The zero-order valence-electron chi connectivity index (χ0n) is 18.8. The monoisotopic (exact) mass is 411 g/mol. The summed E-state index contributed by atoms with van der Waals surface area (Å²) in [4.78, 5) is 7.14. The van der Waals surface area contributed by atoms with E-state index in [2.05, 4.69) is 54.5 Å². The summed E-state index contributed by atoms with van der Waals surface area (Å²) in [6.07, 6.45) is 7.76. The Hall–Kier alpha value is -2.34. The Balaban J connectivity index is 1.48. The smallest absolute Gasteiger partial charge is 0.193 e. The van der Waals surface area contributed by atoms with Gasteiger partial charge < -0.3 is 15.0 Å². The molecular weight excluding hydrogens is 374 g/mol. The number of aliphatic imine (C=N–C) groups is 1. The third-order valence-corrected chi connectivity index (χ3v) is 5.80. The number of guanidine groups is 1. The molecule has 1 aliphatic rings. The van der Waals surface area contributed by atoms with Crippen molar-refractivity contribution in [2.24, 2.45) is 10.9 Å². The van der Waals surface area contributed by atoms with E-state index in [0.717, 1.165) is 68.9 Å². The highest BCUT2D eigenvalue weighted by Crippen LogP contribution is 2.18. The fourth-order valence-corrected chi connectivity index (χ4v) is 3.90. The fraction of sp³-hybridized carbons (Fsp3) is 0.583. The summed E-state index contributed by atoms with van der Waals surface area (Å²) in [7, 11) is 2.15. The van der Waals surface area contributed by atoms with Crippen LogP contribution in [0.15, 0.2) is 41.5 Å². The second-order valence-electron chi connectivity index (χ2n) is 8.13. The van der Waals surface area contributed by atoms with Crippen LogP contribution in [-0.2, 0) is 11.2 Å². The summed E-state index contributed by atoms with van der Waals surface area (Å²) in [6, 6.07) is 10.3. The Kier molecular flexibility index (Phi) is 8.75. The number of hydrogen-bond donors (Lipinski definition) is 1.